The predicted molar refractivity (Wildman–Crippen MR) is 142 cm³/mol. The van der Waals surface area contributed by atoms with E-state index in [9.17, 15) is 14.7 Å². The van der Waals surface area contributed by atoms with E-state index in [1.807, 2.05) is 30.5 Å². The topological polar surface area (TPSA) is 73.4 Å². The molecule has 176 valence electrons. The van der Waals surface area contributed by atoms with Gasteiger partial charge in [0.25, 0.3) is 11.7 Å². The number of nitrogens with one attached hydrogen (secondary N) is 1. The van der Waals surface area contributed by atoms with Gasteiger partial charge in [0.1, 0.15) is 5.76 Å². The minimum absolute atomic E-state index is 0.000437. The predicted octanol–water partition coefficient (Wildman–Crippen LogP) is 6.90. The second kappa shape index (κ2) is 9.53. The molecule has 5 nitrogen and oxygen atoms in total. The molecule has 4 aromatic rings. The van der Waals surface area contributed by atoms with Crippen LogP contribution in [0, 0.1) is 0 Å². The highest BCUT2D eigenvalue weighted by Crippen LogP contribution is 2.42. The highest BCUT2D eigenvalue weighted by molar-refractivity contribution is 9.10. The Morgan fingerprint density at radius 3 is 2.51 bits per heavy atom. The summed E-state index contributed by atoms with van der Waals surface area (Å²) in [6.45, 7) is 0.257. The SMILES string of the molecule is O=C1C(=O)N(CCc2c[nH]c3ccccc23)C(c2ccc(Cl)cc2Cl)/C1=C(\O)c1ccc(Br)cc1. The summed E-state index contributed by atoms with van der Waals surface area (Å²) in [6, 6.07) is 18.8. The van der Waals surface area contributed by atoms with Crippen molar-refractivity contribution in [3.8, 4) is 0 Å². The number of likely N-dealkylation sites (tertiary alicyclic amines) is 1. The van der Waals surface area contributed by atoms with E-state index in [0.29, 0.717) is 27.6 Å². The number of nitrogens with zero attached hydrogens (tertiary/aromatic N) is 1. The van der Waals surface area contributed by atoms with E-state index in [-0.39, 0.29) is 17.9 Å². The highest BCUT2D eigenvalue weighted by Gasteiger charge is 2.46. The fourth-order valence-corrected chi connectivity index (χ4v) is 5.28. The third-order valence-corrected chi connectivity index (χ3v) is 7.30. The van der Waals surface area contributed by atoms with Crippen LogP contribution < -0.4 is 0 Å². The van der Waals surface area contributed by atoms with Crippen molar-refractivity contribution in [3.05, 3.63) is 110 Å². The number of aromatic amines is 1. The van der Waals surface area contributed by atoms with Crippen molar-refractivity contribution in [1.82, 2.24) is 9.88 Å². The summed E-state index contributed by atoms with van der Waals surface area (Å²) < 4.78 is 0.825. The molecule has 0 spiro atoms. The van der Waals surface area contributed by atoms with Gasteiger partial charge in [-0.3, -0.25) is 9.59 Å². The van der Waals surface area contributed by atoms with Gasteiger partial charge in [0.2, 0.25) is 0 Å². The largest absolute Gasteiger partial charge is 0.507 e. The van der Waals surface area contributed by atoms with E-state index in [4.69, 9.17) is 23.2 Å². The average molecular weight is 570 g/mol. The van der Waals surface area contributed by atoms with E-state index in [0.717, 1.165) is 20.9 Å². The maximum Gasteiger partial charge on any atom is 0.295 e. The van der Waals surface area contributed by atoms with Crippen LogP contribution >= 0.6 is 39.1 Å². The molecule has 1 aliphatic heterocycles. The molecule has 2 heterocycles. The Kier molecular flexibility index (Phi) is 6.45. The molecule has 3 aromatic carbocycles. The molecular weight excluding hydrogens is 551 g/mol. The van der Waals surface area contributed by atoms with E-state index >= 15 is 0 Å². The van der Waals surface area contributed by atoms with E-state index in [1.165, 1.54) is 4.90 Å². The number of hydrogen-bond acceptors (Lipinski definition) is 3. The van der Waals surface area contributed by atoms with Gasteiger partial charge in [-0.1, -0.05) is 75.5 Å². The number of rotatable bonds is 5. The number of aliphatic hydroxyl groups is 1. The molecule has 8 heteroatoms. The molecule has 0 aliphatic carbocycles. The molecule has 1 aromatic heterocycles. The number of benzene rings is 3. The number of halogens is 3. The summed E-state index contributed by atoms with van der Waals surface area (Å²) in [5, 5.41) is 13.0. The van der Waals surface area contributed by atoms with Crippen molar-refractivity contribution >= 4 is 67.5 Å². The van der Waals surface area contributed by atoms with Crippen molar-refractivity contribution in [1.29, 1.82) is 0 Å². The normalized spacial score (nSPS) is 17.5. The number of carbonyl (C=O) groups is 2. The van der Waals surface area contributed by atoms with E-state index in [1.54, 1.807) is 42.5 Å². The summed E-state index contributed by atoms with van der Waals surface area (Å²) in [5.74, 6) is -1.68. The maximum atomic E-state index is 13.2. The quantitative estimate of drug-likeness (QED) is 0.156. The molecule has 35 heavy (non-hydrogen) atoms. The number of aromatic nitrogens is 1. The Hall–Kier alpha value is -3.06. The summed E-state index contributed by atoms with van der Waals surface area (Å²) in [7, 11) is 0. The van der Waals surface area contributed by atoms with Crippen molar-refractivity contribution in [2.45, 2.75) is 12.5 Å². The molecule has 1 aliphatic rings. The second-order valence-electron chi connectivity index (χ2n) is 8.27. The maximum absolute atomic E-state index is 13.2. The first-order valence-corrected chi connectivity index (χ1v) is 12.4. The minimum Gasteiger partial charge on any atom is -0.507 e. The second-order valence-corrected chi connectivity index (χ2v) is 10.0. The Morgan fingerprint density at radius 1 is 1.03 bits per heavy atom. The lowest BCUT2D eigenvalue weighted by atomic mass is 9.95. The summed E-state index contributed by atoms with van der Waals surface area (Å²) in [5.41, 5.74) is 2.97. The molecule has 1 amide bonds. The van der Waals surface area contributed by atoms with Gasteiger partial charge in [0.15, 0.2) is 0 Å². The van der Waals surface area contributed by atoms with Gasteiger partial charge >= 0.3 is 0 Å². The number of carbonyl (C=O) groups excluding carboxylic acids is 2. The zero-order valence-electron chi connectivity index (χ0n) is 18.3. The summed E-state index contributed by atoms with van der Waals surface area (Å²) >= 11 is 16.0. The van der Waals surface area contributed by atoms with Crippen LogP contribution in [0.15, 0.2) is 83.0 Å². The first-order valence-electron chi connectivity index (χ1n) is 10.9. The number of amides is 1. The number of fused-ring (bicyclic) bond motifs is 1. The Morgan fingerprint density at radius 2 is 1.77 bits per heavy atom. The van der Waals surface area contributed by atoms with E-state index < -0.39 is 17.7 Å². The van der Waals surface area contributed by atoms with Crippen LogP contribution in [0.5, 0.6) is 0 Å². The molecule has 0 bridgehead atoms. The van der Waals surface area contributed by atoms with Crippen molar-refractivity contribution in [2.75, 3.05) is 6.54 Å². The lowest BCUT2D eigenvalue weighted by Gasteiger charge is -2.26. The van der Waals surface area contributed by atoms with Crippen LogP contribution in [0.4, 0.5) is 0 Å². The standard InChI is InChI=1S/C27H19BrCl2N2O3/c28-17-7-5-15(6-8-17)25(33)23-24(20-10-9-18(29)13-21(20)30)32(27(35)26(23)34)12-11-16-14-31-22-4-2-1-3-19(16)22/h1-10,13-14,24,31,33H,11-12H2/b25-23+. The number of H-pyrrole nitrogens is 1. The van der Waals surface area contributed by atoms with Crippen LogP contribution in [0.25, 0.3) is 16.7 Å². The Bertz CT molecular complexity index is 1490. The molecule has 2 N–H and O–H groups in total. The fourth-order valence-electron chi connectivity index (χ4n) is 4.50. The smallest absolute Gasteiger partial charge is 0.295 e. The number of para-hydroxylation sites is 1. The number of ketones is 1. The van der Waals surface area contributed by atoms with Gasteiger partial charge in [-0.05, 0) is 47.9 Å². The van der Waals surface area contributed by atoms with Crippen LogP contribution in [0.1, 0.15) is 22.7 Å². The third-order valence-electron chi connectivity index (χ3n) is 6.21. The van der Waals surface area contributed by atoms with Crippen molar-refractivity contribution in [2.24, 2.45) is 0 Å². The molecule has 1 unspecified atom stereocenters. The Balaban J connectivity index is 1.59. The van der Waals surface area contributed by atoms with Gasteiger partial charge < -0.3 is 15.0 Å². The molecule has 1 fully saturated rings. The van der Waals surface area contributed by atoms with Gasteiger partial charge in [-0.25, -0.2) is 0 Å². The molecular formula is C27H19BrCl2N2O3. The van der Waals surface area contributed by atoms with Crippen molar-refractivity contribution < 1.29 is 14.7 Å². The lowest BCUT2D eigenvalue weighted by molar-refractivity contribution is -0.139. The van der Waals surface area contributed by atoms with Crippen LogP contribution in [-0.2, 0) is 16.0 Å². The molecule has 5 rings (SSSR count). The first kappa shape index (κ1) is 23.7. The van der Waals surface area contributed by atoms with Gasteiger partial charge in [0, 0.05) is 43.7 Å². The molecule has 1 saturated heterocycles. The zero-order valence-corrected chi connectivity index (χ0v) is 21.4. The average Bonchev–Trinajstić information content (AvgIpc) is 3.36. The first-order chi connectivity index (χ1) is 16.8. The highest BCUT2D eigenvalue weighted by atomic mass is 79.9. The van der Waals surface area contributed by atoms with Crippen LogP contribution in [0.3, 0.4) is 0 Å². The monoisotopic (exact) mass is 568 g/mol. The fraction of sp³-hybridized carbons (Fsp3) is 0.111. The van der Waals surface area contributed by atoms with Gasteiger partial charge in [-0.2, -0.15) is 0 Å². The molecule has 0 saturated carbocycles. The lowest BCUT2D eigenvalue weighted by Crippen LogP contribution is -2.31. The number of hydrogen-bond donors (Lipinski definition) is 2. The van der Waals surface area contributed by atoms with Crippen LogP contribution in [-0.4, -0.2) is 33.2 Å². The summed E-state index contributed by atoms with van der Waals surface area (Å²) in [6.07, 6.45) is 2.42. The van der Waals surface area contributed by atoms with Gasteiger partial charge in [-0.15, -0.1) is 0 Å². The molecule has 1 atom stereocenters. The number of aliphatic hydroxyl groups excluding tert-OH is 1. The molecule has 0 radical (unpaired) electrons. The van der Waals surface area contributed by atoms with Crippen molar-refractivity contribution in [3.63, 3.8) is 0 Å². The Labute approximate surface area is 220 Å². The number of Topliss-reactive ketones (excluding diaryl/α,β-unsaturated/α-hetero) is 1. The zero-order chi connectivity index (χ0) is 24.7. The third kappa shape index (κ3) is 4.38. The van der Waals surface area contributed by atoms with Crippen LogP contribution in [0.2, 0.25) is 10.0 Å². The minimum atomic E-state index is -0.853. The van der Waals surface area contributed by atoms with E-state index in [2.05, 4.69) is 20.9 Å². The summed E-state index contributed by atoms with van der Waals surface area (Å²) in [4.78, 5) is 31.2. The van der Waals surface area contributed by atoms with Gasteiger partial charge in [0.05, 0.1) is 11.6 Å².